The zero-order valence-electron chi connectivity index (χ0n) is 14.1. The average Bonchev–Trinajstić information content (AvgIpc) is 2.60. The molecule has 0 aromatic heterocycles. The normalized spacial score (nSPS) is 30.8. The molecule has 1 saturated heterocycles. The van der Waals surface area contributed by atoms with E-state index < -0.39 is 5.60 Å². The summed E-state index contributed by atoms with van der Waals surface area (Å²) < 4.78 is 5.52. The van der Waals surface area contributed by atoms with Crippen molar-refractivity contribution in [3.8, 4) is 0 Å². The largest absolute Gasteiger partial charge is 0.460 e. The third-order valence-electron chi connectivity index (χ3n) is 4.59. The molecule has 5 heteroatoms. The molecule has 126 valence electrons. The Hall–Kier alpha value is -1.10. The van der Waals surface area contributed by atoms with Gasteiger partial charge in [-0.3, -0.25) is 9.59 Å². The molecule has 0 aromatic carbocycles. The quantitative estimate of drug-likeness (QED) is 0.794. The number of hydrogen-bond donors (Lipinski definition) is 1. The summed E-state index contributed by atoms with van der Waals surface area (Å²) >= 11 is 0. The minimum absolute atomic E-state index is 0.0624. The molecule has 0 spiro atoms. The summed E-state index contributed by atoms with van der Waals surface area (Å²) in [4.78, 5) is 26.7. The van der Waals surface area contributed by atoms with Crippen LogP contribution in [0.15, 0.2) is 0 Å². The SMILES string of the molecule is CC(C)(C)OC(=O)C1CCCC(N2CCCCC(N)C2=O)C1. The van der Waals surface area contributed by atoms with Crippen molar-refractivity contribution in [2.45, 2.75) is 83.4 Å². The van der Waals surface area contributed by atoms with Crippen molar-refractivity contribution in [3.63, 3.8) is 0 Å². The maximum Gasteiger partial charge on any atom is 0.309 e. The molecule has 22 heavy (non-hydrogen) atoms. The van der Waals surface area contributed by atoms with Crippen LogP contribution in [0.1, 0.15) is 65.7 Å². The number of ether oxygens (including phenoxy) is 1. The number of hydrogen-bond acceptors (Lipinski definition) is 4. The molecule has 1 aliphatic carbocycles. The highest BCUT2D eigenvalue weighted by molar-refractivity contribution is 5.82. The van der Waals surface area contributed by atoms with E-state index in [2.05, 4.69) is 0 Å². The van der Waals surface area contributed by atoms with Crippen molar-refractivity contribution in [2.24, 2.45) is 11.7 Å². The molecule has 2 rings (SSSR count). The lowest BCUT2D eigenvalue weighted by Crippen LogP contribution is -2.49. The third-order valence-corrected chi connectivity index (χ3v) is 4.59. The van der Waals surface area contributed by atoms with Crippen LogP contribution in [0.2, 0.25) is 0 Å². The monoisotopic (exact) mass is 310 g/mol. The summed E-state index contributed by atoms with van der Waals surface area (Å²) in [5, 5.41) is 0. The van der Waals surface area contributed by atoms with E-state index in [-0.39, 0.29) is 29.9 Å². The van der Waals surface area contributed by atoms with Gasteiger partial charge >= 0.3 is 5.97 Å². The Bertz CT molecular complexity index is 417. The summed E-state index contributed by atoms with van der Waals surface area (Å²) in [6, 6.07) is -0.229. The molecule has 2 N–H and O–H groups in total. The minimum Gasteiger partial charge on any atom is -0.460 e. The predicted molar refractivity (Wildman–Crippen MR) is 85.1 cm³/mol. The Labute approximate surface area is 133 Å². The van der Waals surface area contributed by atoms with Gasteiger partial charge in [0, 0.05) is 12.6 Å². The van der Waals surface area contributed by atoms with Crippen LogP contribution in [0.4, 0.5) is 0 Å². The molecule has 3 unspecified atom stereocenters. The number of nitrogens with zero attached hydrogens (tertiary/aromatic N) is 1. The van der Waals surface area contributed by atoms with Crippen LogP contribution in [0.5, 0.6) is 0 Å². The van der Waals surface area contributed by atoms with Crippen LogP contribution >= 0.6 is 0 Å². The van der Waals surface area contributed by atoms with Crippen LogP contribution in [-0.2, 0) is 14.3 Å². The lowest BCUT2D eigenvalue weighted by molar-refractivity contribution is -0.162. The Balaban J connectivity index is 2.00. The van der Waals surface area contributed by atoms with Gasteiger partial charge < -0.3 is 15.4 Å². The molecule has 2 fully saturated rings. The van der Waals surface area contributed by atoms with Crippen molar-refractivity contribution in [3.05, 3.63) is 0 Å². The number of esters is 1. The Morgan fingerprint density at radius 1 is 1.18 bits per heavy atom. The maximum atomic E-state index is 12.4. The number of amides is 1. The topological polar surface area (TPSA) is 72.6 Å². The highest BCUT2D eigenvalue weighted by atomic mass is 16.6. The van der Waals surface area contributed by atoms with E-state index in [9.17, 15) is 9.59 Å². The minimum atomic E-state index is -0.454. The van der Waals surface area contributed by atoms with Gasteiger partial charge in [0.15, 0.2) is 0 Å². The van der Waals surface area contributed by atoms with Crippen molar-refractivity contribution >= 4 is 11.9 Å². The molecule has 1 amide bonds. The summed E-state index contributed by atoms with van der Waals surface area (Å²) in [7, 11) is 0. The first-order valence-electron chi connectivity index (χ1n) is 8.57. The van der Waals surface area contributed by atoms with Crippen LogP contribution in [0.3, 0.4) is 0 Å². The maximum absolute atomic E-state index is 12.4. The molecule has 1 heterocycles. The fourth-order valence-corrected chi connectivity index (χ4v) is 3.50. The molecule has 0 bridgehead atoms. The highest BCUT2D eigenvalue weighted by Gasteiger charge is 2.36. The number of rotatable bonds is 2. The van der Waals surface area contributed by atoms with E-state index in [4.69, 9.17) is 10.5 Å². The molecular formula is C17H30N2O3. The van der Waals surface area contributed by atoms with E-state index in [1.165, 1.54) is 0 Å². The van der Waals surface area contributed by atoms with E-state index in [1.807, 2.05) is 25.7 Å². The van der Waals surface area contributed by atoms with Crippen molar-refractivity contribution in [1.82, 2.24) is 4.90 Å². The summed E-state index contributed by atoms with van der Waals surface area (Å²) in [5.74, 6) is -0.152. The average molecular weight is 310 g/mol. The van der Waals surface area contributed by atoms with Gasteiger partial charge in [-0.25, -0.2) is 0 Å². The van der Waals surface area contributed by atoms with E-state index in [1.54, 1.807) is 0 Å². The van der Waals surface area contributed by atoms with Gasteiger partial charge in [-0.2, -0.15) is 0 Å². The third kappa shape index (κ3) is 4.45. The lowest BCUT2D eigenvalue weighted by atomic mass is 9.84. The first-order valence-corrected chi connectivity index (χ1v) is 8.57. The Morgan fingerprint density at radius 3 is 2.59 bits per heavy atom. The predicted octanol–water partition coefficient (Wildman–Crippen LogP) is 2.23. The summed E-state index contributed by atoms with van der Waals surface area (Å²) in [6.07, 6.45) is 6.30. The second-order valence-corrected chi connectivity index (χ2v) is 7.68. The molecule has 5 nitrogen and oxygen atoms in total. The summed E-state index contributed by atoms with van der Waals surface area (Å²) in [6.45, 7) is 6.45. The number of likely N-dealkylation sites (tertiary alicyclic amines) is 1. The molecule has 2 aliphatic rings. The van der Waals surface area contributed by atoms with Gasteiger partial charge in [-0.05, 0) is 59.3 Å². The van der Waals surface area contributed by atoms with Gasteiger partial charge in [0.25, 0.3) is 0 Å². The summed E-state index contributed by atoms with van der Waals surface area (Å²) in [5.41, 5.74) is 5.52. The molecular weight excluding hydrogens is 280 g/mol. The zero-order valence-corrected chi connectivity index (χ0v) is 14.1. The van der Waals surface area contributed by atoms with Crippen LogP contribution < -0.4 is 5.73 Å². The lowest BCUT2D eigenvalue weighted by Gasteiger charge is -2.37. The smallest absolute Gasteiger partial charge is 0.309 e. The van der Waals surface area contributed by atoms with Gasteiger partial charge in [-0.1, -0.05) is 6.42 Å². The van der Waals surface area contributed by atoms with E-state index in [0.29, 0.717) is 6.42 Å². The van der Waals surface area contributed by atoms with Gasteiger partial charge in [0.2, 0.25) is 5.91 Å². The molecule has 3 atom stereocenters. The van der Waals surface area contributed by atoms with Crippen molar-refractivity contribution in [1.29, 1.82) is 0 Å². The standard InChI is InChI=1S/C17H30N2O3/c1-17(2,3)22-16(21)12-7-6-8-13(11-12)19-10-5-4-9-14(18)15(19)20/h12-14H,4-11,18H2,1-3H3. The number of carbonyl (C=O) groups excluding carboxylic acids is 2. The fraction of sp³-hybridized carbons (Fsp3) is 0.882. The van der Waals surface area contributed by atoms with Crippen molar-refractivity contribution < 1.29 is 14.3 Å². The molecule has 1 aliphatic heterocycles. The highest BCUT2D eigenvalue weighted by Crippen LogP contribution is 2.31. The van der Waals surface area contributed by atoms with Gasteiger partial charge in [0.05, 0.1) is 12.0 Å². The van der Waals surface area contributed by atoms with Crippen molar-refractivity contribution in [2.75, 3.05) is 6.54 Å². The second kappa shape index (κ2) is 6.99. The fourth-order valence-electron chi connectivity index (χ4n) is 3.50. The zero-order chi connectivity index (χ0) is 16.3. The molecule has 1 saturated carbocycles. The van der Waals surface area contributed by atoms with E-state index >= 15 is 0 Å². The first kappa shape index (κ1) is 17.3. The van der Waals surface area contributed by atoms with Crippen LogP contribution in [0.25, 0.3) is 0 Å². The van der Waals surface area contributed by atoms with Gasteiger partial charge in [-0.15, -0.1) is 0 Å². The van der Waals surface area contributed by atoms with Gasteiger partial charge in [0.1, 0.15) is 5.60 Å². The van der Waals surface area contributed by atoms with Crippen LogP contribution in [0, 0.1) is 5.92 Å². The second-order valence-electron chi connectivity index (χ2n) is 7.68. The molecule has 0 aromatic rings. The number of nitrogens with two attached hydrogens (primary N) is 1. The number of carbonyl (C=O) groups is 2. The Kier molecular flexibility index (Phi) is 5.48. The van der Waals surface area contributed by atoms with Crippen LogP contribution in [-0.4, -0.2) is 41.0 Å². The van der Waals surface area contributed by atoms with E-state index in [0.717, 1.165) is 45.1 Å². The molecule has 0 radical (unpaired) electrons. The first-order chi connectivity index (χ1) is 10.3. The Morgan fingerprint density at radius 2 is 1.91 bits per heavy atom.